The smallest absolute Gasteiger partial charge is 0.268 e. The Kier molecular flexibility index (Phi) is 5.28. The van der Waals surface area contributed by atoms with E-state index in [0.717, 1.165) is 16.8 Å². The highest BCUT2D eigenvalue weighted by Crippen LogP contribution is 2.28. The molecule has 1 amide bonds. The average molecular weight is 318 g/mol. The number of H-pyrrole nitrogens is 1. The predicted octanol–water partition coefficient (Wildman–Crippen LogP) is 1.03. The van der Waals surface area contributed by atoms with E-state index in [-0.39, 0.29) is 25.1 Å². The van der Waals surface area contributed by atoms with Crippen molar-refractivity contribution in [1.29, 1.82) is 0 Å². The number of hydrogen-bond acceptors (Lipinski definition) is 6. The number of aryl methyl sites for hydroxylation is 1. The summed E-state index contributed by atoms with van der Waals surface area (Å²) in [5.74, 6) is 0.192. The van der Waals surface area contributed by atoms with Crippen LogP contribution >= 0.6 is 0 Å². The highest BCUT2D eigenvalue weighted by molar-refractivity contribution is 5.96. The Labute approximate surface area is 134 Å². The molecular weight excluding hydrogens is 296 g/mol. The number of carbonyl (C=O) groups excluding carboxylic acids is 1. The molecule has 0 aromatic carbocycles. The number of anilines is 1. The van der Waals surface area contributed by atoms with Gasteiger partial charge in [-0.3, -0.25) is 4.79 Å². The fraction of sp³-hybridized carbons (Fsp3) is 0.467. The molecule has 124 valence electrons. The molecule has 0 bridgehead atoms. The SMILES string of the molecule is Cc1[nH]c(C(=O)NCCO)c(C)c1-c1cnnc(NC(C)C)n1. The Balaban J connectivity index is 2.37. The van der Waals surface area contributed by atoms with E-state index in [1.165, 1.54) is 0 Å². The van der Waals surface area contributed by atoms with Gasteiger partial charge in [-0.25, -0.2) is 4.98 Å². The zero-order valence-corrected chi connectivity index (χ0v) is 13.8. The van der Waals surface area contributed by atoms with Gasteiger partial charge in [0.1, 0.15) is 5.69 Å². The predicted molar refractivity (Wildman–Crippen MR) is 87.3 cm³/mol. The van der Waals surface area contributed by atoms with E-state index in [1.807, 2.05) is 27.7 Å². The number of nitrogens with one attached hydrogen (secondary N) is 3. The van der Waals surface area contributed by atoms with E-state index in [0.29, 0.717) is 17.3 Å². The molecule has 2 rings (SSSR count). The van der Waals surface area contributed by atoms with Crippen molar-refractivity contribution in [3.8, 4) is 11.3 Å². The highest BCUT2D eigenvalue weighted by Gasteiger charge is 2.19. The van der Waals surface area contributed by atoms with Crippen molar-refractivity contribution in [3.63, 3.8) is 0 Å². The summed E-state index contributed by atoms with van der Waals surface area (Å²) >= 11 is 0. The third-order valence-electron chi connectivity index (χ3n) is 3.29. The van der Waals surface area contributed by atoms with Crippen molar-refractivity contribution in [2.24, 2.45) is 0 Å². The van der Waals surface area contributed by atoms with Crippen LogP contribution in [0.25, 0.3) is 11.3 Å². The van der Waals surface area contributed by atoms with Crippen LogP contribution < -0.4 is 10.6 Å². The molecule has 0 saturated carbocycles. The van der Waals surface area contributed by atoms with Gasteiger partial charge in [0, 0.05) is 23.8 Å². The normalized spacial score (nSPS) is 10.9. The summed E-state index contributed by atoms with van der Waals surface area (Å²) in [6, 6.07) is 0.195. The van der Waals surface area contributed by atoms with Gasteiger partial charge in [-0.1, -0.05) is 0 Å². The van der Waals surface area contributed by atoms with Gasteiger partial charge in [0.2, 0.25) is 5.95 Å². The van der Waals surface area contributed by atoms with Gasteiger partial charge in [0.05, 0.1) is 18.5 Å². The number of amides is 1. The highest BCUT2D eigenvalue weighted by atomic mass is 16.3. The minimum absolute atomic E-state index is 0.0998. The summed E-state index contributed by atoms with van der Waals surface area (Å²) in [6.07, 6.45) is 1.57. The molecule has 2 heterocycles. The lowest BCUT2D eigenvalue weighted by atomic mass is 10.1. The van der Waals surface area contributed by atoms with Crippen molar-refractivity contribution in [2.45, 2.75) is 33.7 Å². The Morgan fingerprint density at radius 2 is 2.13 bits per heavy atom. The minimum Gasteiger partial charge on any atom is -0.395 e. The van der Waals surface area contributed by atoms with Crippen LogP contribution in [0.2, 0.25) is 0 Å². The maximum atomic E-state index is 12.1. The number of aromatic nitrogens is 4. The van der Waals surface area contributed by atoms with Gasteiger partial charge in [-0.2, -0.15) is 5.10 Å². The lowest BCUT2D eigenvalue weighted by molar-refractivity contribution is 0.0939. The maximum Gasteiger partial charge on any atom is 0.268 e. The fourth-order valence-electron chi connectivity index (χ4n) is 2.36. The van der Waals surface area contributed by atoms with Crippen molar-refractivity contribution < 1.29 is 9.90 Å². The monoisotopic (exact) mass is 318 g/mol. The summed E-state index contributed by atoms with van der Waals surface area (Å²) in [5, 5.41) is 22.5. The first-order valence-corrected chi connectivity index (χ1v) is 7.48. The molecular formula is C15H22N6O2. The van der Waals surface area contributed by atoms with Crippen LogP contribution in [0.15, 0.2) is 6.20 Å². The van der Waals surface area contributed by atoms with Gasteiger partial charge in [0.25, 0.3) is 5.91 Å². The molecule has 0 saturated heterocycles. The molecule has 23 heavy (non-hydrogen) atoms. The molecule has 2 aromatic heterocycles. The summed E-state index contributed by atoms with van der Waals surface area (Å²) in [7, 11) is 0. The van der Waals surface area contributed by atoms with Crippen LogP contribution in [0.5, 0.6) is 0 Å². The lowest BCUT2D eigenvalue weighted by Crippen LogP contribution is -2.27. The second-order valence-electron chi connectivity index (χ2n) is 5.57. The Bertz CT molecular complexity index is 695. The summed E-state index contributed by atoms with van der Waals surface area (Å²) in [6.45, 7) is 7.83. The first-order valence-electron chi connectivity index (χ1n) is 7.48. The quantitative estimate of drug-likeness (QED) is 0.632. The van der Waals surface area contributed by atoms with Crippen LogP contribution in [0.3, 0.4) is 0 Å². The number of carbonyl (C=O) groups is 1. The summed E-state index contributed by atoms with van der Waals surface area (Å²) < 4.78 is 0. The third kappa shape index (κ3) is 3.84. The Morgan fingerprint density at radius 3 is 2.78 bits per heavy atom. The van der Waals surface area contributed by atoms with E-state index in [9.17, 15) is 4.79 Å². The van der Waals surface area contributed by atoms with E-state index in [1.54, 1.807) is 6.20 Å². The molecule has 4 N–H and O–H groups in total. The zero-order chi connectivity index (χ0) is 17.0. The largest absolute Gasteiger partial charge is 0.395 e. The first-order chi connectivity index (χ1) is 10.9. The molecule has 2 aromatic rings. The minimum atomic E-state index is -0.256. The number of aromatic amines is 1. The van der Waals surface area contributed by atoms with E-state index < -0.39 is 0 Å². The van der Waals surface area contributed by atoms with E-state index in [4.69, 9.17) is 5.11 Å². The van der Waals surface area contributed by atoms with Gasteiger partial charge < -0.3 is 20.7 Å². The van der Waals surface area contributed by atoms with Crippen LogP contribution in [0, 0.1) is 13.8 Å². The summed E-state index contributed by atoms with van der Waals surface area (Å²) in [4.78, 5) is 19.7. The molecule has 0 spiro atoms. The number of rotatable bonds is 6. The number of aliphatic hydroxyl groups excluding tert-OH is 1. The second-order valence-corrected chi connectivity index (χ2v) is 5.57. The second kappa shape index (κ2) is 7.19. The van der Waals surface area contributed by atoms with Crippen LogP contribution in [0.1, 0.15) is 35.6 Å². The van der Waals surface area contributed by atoms with Gasteiger partial charge in [0.15, 0.2) is 0 Å². The van der Waals surface area contributed by atoms with Gasteiger partial charge >= 0.3 is 0 Å². The van der Waals surface area contributed by atoms with Crippen molar-refractivity contribution >= 4 is 11.9 Å². The van der Waals surface area contributed by atoms with Crippen molar-refractivity contribution in [2.75, 3.05) is 18.5 Å². The fourth-order valence-corrected chi connectivity index (χ4v) is 2.36. The summed E-state index contributed by atoms with van der Waals surface area (Å²) in [5.41, 5.74) is 3.56. The number of aliphatic hydroxyl groups is 1. The molecule has 0 unspecified atom stereocenters. The molecule has 0 aliphatic heterocycles. The van der Waals surface area contributed by atoms with E-state index >= 15 is 0 Å². The van der Waals surface area contributed by atoms with Crippen molar-refractivity contribution in [1.82, 2.24) is 25.5 Å². The van der Waals surface area contributed by atoms with Gasteiger partial charge in [-0.15, -0.1) is 5.10 Å². The molecule has 0 fully saturated rings. The molecule has 0 aliphatic rings. The average Bonchev–Trinajstić information content (AvgIpc) is 2.79. The lowest BCUT2D eigenvalue weighted by Gasteiger charge is -2.08. The Morgan fingerprint density at radius 1 is 1.39 bits per heavy atom. The third-order valence-corrected chi connectivity index (χ3v) is 3.29. The van der Waals surface area contributed by atoms with E-state index in [2.05, 4.69) is 30.8 Å². The number of hydrogen-bond donors (Lipinski definition) is 4. The zero-order valence-electron chi connectivity index (χ0n) is 13.8. The topological polar surface area (TPSA) is 116 Å². The van der Waals surface area contributed by atoms with Crippen LogP contribution in [0.4, 0.5) is 5.95 Å². The number of nitrogens with zero attached hydrogens (tertiary/aromatic N) is 3. The van der Waals surface area contributed by atoms with Gasteiger partial charge in [-0.05, 0) is 33.3 Å². The van der Waals surface area contributed by atoms with Crippen molar-refractivity contribution in [3.05, 3.63) is 23.1 Å². The standard InChI is InChI=1S/C15H22N6O2/c1-8(2)18-15-20-11(7-17-21-15)12-9(3)13(19-10(12)4)14(23)16-5-6-22/h7-8,19,22H,5-6H2,1-4H3,(H,16,23)(H,18,20,21). The molecule has 0 aliphatic carbocycles. The first kappa shape index (κ1) is 16.9. The molecule has 0 radical (unpaired) electrons. The molecule has 0 atom stereocenters. The van der Waals surface area contributed by atoms with Crippen LogP contribution in [-0.2, 0) is 0 Å². The molecule has 8 heteroatoms. The van der Waals surface area contributed by atoms with Crippen LogP contribution in [-0.4, -0.2) is 50.4 Å². The molecule has 8 nitrogen and oxygen atoms in total. The maximum absolute atomic E-state index is 12.1. The Hall–Kier alpha value is -2.48.